The van der Waals surface area contributed by atoms with Gasteiger partial charge in [0, 0.05) is 16.4 Å². The van der Waals surface area contributed by atoms with Crippen molar-refractivity contribution >= 4 is 33.0 Å². The fraction of sp³-hybridized carbons (Fsp3) is 0.154. The average Bonchev–Trinajstić information content (AvgIpc) is 2.81. The molecule has 1 aromatic heterocycles. The lowest BCUT2D eigenvalue weighted by atomic mass is 10.2. The summed E-state index contributed by atoms with van der Waals surface area (Å²) in [5.74, 6) is 0. The Bertz CT molecular complexity index is 543. The first-order chi connectivity index (χ1) is 8.20. The van der Waals surface area contributed by atoms with Crippen LogP contribution >= 0.6 is 27.3 Å². The molecule has 1 aromatic carbocycles. The molecule has 0 saturated carbocycles. The normalized spacial score (nSPS) is 9.94. The van der Waals surface area contributed by atoms with E-state index >= 15 is 0 Å². The molecule has 0 radical (unpaired) electrons. The standard InChI is InChI=1S/C13H11BrN2S/c1-16(9-12-3-2-6-17-12)13-5-4-11(14)7-10(13)8-15/h2-7H,9H2,1H3. The first kappa shape index (κ1) is 12.2. The second-order valence-electron chi connectivity index (χ2n) is 3.71. The average molecular weight is 307 g/mol. The van der Waals surface area contributed by atoms with Gasteiger partial charge in [-0.2, -0.15) is 5.26 Å². The zero-order chi connectivity index (χ0) is 12.3. The predicted octanol–water partition coefficient (Wildman–Crippen LogP) is 4.02. The molecule has 17 heavy (non-hydrogen) atoms. The molecule has 0 aliphatic heterocycles. The number of halogens is 1. The Balaban J connectivity index is 2.25. The Labute approximate surface area is 113 Å². The molecular formula is C13H11BrN2S. The van der Waals surface area contributed by atoms with E-state index in [0.29, 0.717) is 5.56 Å². The Morgan fingerprint density at radius 2 is 2.24 bits per heavy atom. The van der Waals surface area contributed by atoms with E-state index in [4.69, 9.17) is 5.26 Å². The molecule has 0 aliphatic rings. The van der Waals surface area contributed by atoms with Crippen molar-refractivity contribution in [2.75, 3.05) is 11.9 Å². The van der Waals surface area contributed by atoms with E-state index in [2.05, 4.69) is 38.3 Å². The molecule has 2 nitrogen and oxygen atoms in total. The molecule has 2 rings (SSSR count). The zero-order valence-corrected chi connectivity index (χ0v) is 11.8. The second-order valence-corrected chi connectivity index (χ2v) is 5.66. The van der Waals surface area contributed by atoms with Gasteiger partial charge in [0.25, 0.3) is 0 Å². The number of hydrogen-bond acceptors (Lipinski definition) is 3. The van der Waals surface area contributed by atoms with E-state index in [1.807, 2.05) is 31.3 Å². The molecule has 0 atom stereocenters. The Morgan fingerprint density at radius 3 is 2.88 bits per heavy atom. The van der Waals surface area contributed by atoms with Gasteiger partial charge in [0.15, 0.2) is 0 Å². The fourth-order valence-corrected chi connectivity index (χ4v) is 2.77. The fourth-order valence-electron chi connectivity index (χ4n) is 1.65. The molecule has 0 bridgehead atoms. The molecule has 0 fully saturated rings. The maximum Gasteiger partial charge on any atom is 0.101 e. The summed E-state index contributed by atoms with van der Waals surface area (Å²) in [6.07, 6.45) is 0. The van der Waals surface area contributed by atoms with Crippen molar-refractivity contribution in [2.45, 2.75) is 6.54 Å². The molecule has 0 amide bonds. The van der Waals surface area contributed by atoms with Crippen molar-refractivity contribution in [2.24, 2.45) is 0 Å². The van der Waals surface area contributed by atoms with Crippen molar-refractivity contribution in [1.82, 2.24) is 0 Å². The molecule has 0 spiro atoms. The van der Waals surface area contributed by atoms with Crippen LogP contribution < -0.4 is 4.90 Å². The van der Waals surface area contributed by atoms with Crippen LogP contribution in [0.3, 0.4) is 0 Å². The number of nitriles is 1. The van der Waals surface area contributed by atoms with E-state index in [-0.39, 0.29) is 0 Å². The summed E-state index contributed by atoms with van der Waals surface area (Å²) >= 11 is 5.11. The van der Waals surface area contributed by atoms with Crippen LogP contribution in [0.25, 0.3) is 0 Å². The molecule has 0 unspecified atom stereocenters. The van der Waals surface area contributed by atoms with Crippen molar-refractivity contribution in [3.05, 3.63) is 50.6 Å². The largest absolute Gasteiger partial charge is 0.368 e. The lowest BCUT2D eigenvalue weighted by Crippen LogP contribution is -2.16. The molecular weight excluding hydrogens is 296 g/mol. The minimum absolute atomic E-state index is 0.693. The number of anilines is 1. The molecule has 0 aliphatic carbocycles. The molecule has 0 N–H and O–H groups in total. The number of rotatable bonds is 3. The molecule has 86 valence electrons. The maximum atomic E-state index is 9.12. The van der Waals surface area contributed by atoms with Crippen molar-refractivity contribution in [3.8, 4) is 6.07 Å². The van der Waals surface area contributed by atoms with Crippen LogP contribution in [0.5, 0.6) is 0 Å². The maximum absolute atomic E-state index is 9.12. The van der Waals surface area contributed by atoms with E-state index in [1.165, 1.54) is 4.88 Å². The van der Waals surface area contributed by atoms with Gasteiger partial charge in [0.2, 0.25) is 0 Å². The van der Waals surface area contributed by atoms with Gasteiger partial charge in [-0.1, -0.05) is 22.0 Å². The lowest BCUT2D eigenvalue weighted by Gasteiger charge is -2.19. The highest BCUT2D eigenvalue weighted by molar-refractivity contribution is 9.10. The topological polar surface area (TPSA) is 27.0 Å². The van der Waals surface area contributed by atoms with Gasteiger partial charge in [-0.3, -0.25) is 0 Å². The summed E-state index contributed by atoms with van der Waals surface area (Å²) < 4.78 is 0.933. The minimum Gasteiger partial charge on any atom is -0.368 e. The van der Waals surface area contributed by atoms with E-state index < -0.39 is 0 Å². The number of thiophene rings is 1. The monoisotopic (exact) mass is 306 g/mol. The summed E-state index contributed by atoms with van der Waals surface area (Å²) in [6.45, 7) is 0.827. The van der Waals surface area contributed by atoms with Gasteiger partial charge in [0.1, 0.15) is 6.07 Å². The third kappa shape index (κ3) is 2.87. The summed E-state index contributed by atoms with van der Waals surface area (Å²) in [5, 5.41) is 11.2. The van der Waals surface area contributed by atoms with Gasteiger partial charge in [-0.15, -0.1) is 11.3 Å². The third-order valence-corrected chi connectivity index (χ3v) is 3.82. The van der Waals surface area contributed by atoms with Crippen LogP contribution in [-0.4, -0.2) is 7.05 Å². The number of hydrogen-bond donors (Lipinski definition) is 0. The van der Waals surface area contributed by atoms with Gasteiger partial charge >= 0.3 is 0 Å². The summed E-state index contributed by atoms with van der Waals surface area (Å²) in [7, 11) is 2.00. The first-order valence-electron chi connectivity index (χ1n) is 5.14. The summed E-state index contributed by atoms with van der Waals surface area (Å²) in [4.78, 5) is 3.39. The van der Waals surface area contributed by atoms with Crippen LogP contribution in [0.15, 0.2) is 40.2 Å². The second kappa shape index (κ2) is 5.35. The molecule has 2 aromatic rings. The number of nitrogens with zero attached hydrogens (tertiary/aromatic N) is 2. The summed E-state index contributed by atoms with van der Waals surface area (Å²) in [5.41, 5.74) is 1.66. The first-order valence-corrected chi connectivity index (χ1v) is 6.81. The Hall–Kier alpha value is -1.31. The van der Waals surface area contributed by atoms with E-state index in [0.717, 1.165) is 16.7 Å². The minimum atomic E-state index is 0.693. The Kier molecular flexibility index (Phi) is 3.82. The van der Waals surface area contributed by atoms with Gasteiger partial charge in [0.05, 0.1) is 17.8 Å². The molecule has 4 heteroatoms. The van der Waals surface area contributed by atoms with Crippen LogP contribution in [0.4, 0.5) is 5.69 Å². The van der Waals surface area contributed by atoms with Crippen LogP contribution in [0, 0.1) is 11.3 Å². The number of benzene rings is 1. The highest BCUT2D eigenvalue weighted by Gasteiger charge is 2.08. The molecule has 1 heterocycles. The van der Waals surface area contributed by atoms with Gasteiger partial charge < -0.3 is 4.90 Å². The molecule has 0 saturated heterocycles. The Morgan fingerprint density at radius 1 is 1.41 bits per heavy atom. The van der Waals surface area contributed by atoms with E-state index in [9.17, 15) is 0 Å². The highest BCUT2D eigenvalue weighted by Crippen LogP contribution is 2.25. The zero-order valence-electron chi connectivity index (χ0n) is 9.35. The van der Waals surface area contributed by atoms with Crippen LogP contribution in [-0.2, 0) is 6.54 Å². The lowest BCUT2D eigenvalue weighted by molar-refractivity contribution is 0.937. The predicted molar refractivity (Wildman–Crippen MR) is 75.3 cm³/mol. The van der Waals surface area contributed by atoms with Crippen molar-refractivity contribution in [3.63, 3.8) is 0 Å². The summed E-state index contributed by atoms with van der Waals surface area (Å²) in [6, 6.07) is 12.1. The van der Waals surface area contributed by atoms with Crippen LogP contribution in [0.1, 0.15) is 10.4 Å². The SMILES string of the molecule is CN(Cc1cccs1)c1ccc(Br)cc1C#N. The van der Waals surface area contributed by atoms with Crippen molar-refractivity contribution < 1.29 is 0 Å². The van der Waals surface area contributed by atoms with Crippen LogP contribution in [0.2, 0.25) is 0 Å². The highest BCUT2D eigenvalue weighted by atomic mass is 79.9. The quantitative estimate of drug-likeness (QED) is 0.856. The van der Waals surface area contributed by atoms with Gasteiger partial charge in [-0.05, 0) is 29.6 Å². The smallest absolute Gasteiger partial charge is 0.101 e. The van der Waals surface area contributed by atoms with Crippen molar-refractivity contribution in [1.29, 1.82) is 5.26 Å². The third-order valence-electron chi connectivity index (χ3n) is 2.46. The van der Waals surface area contributed by atoms with Gasteiger partial charge in [-0.25, -0.2) is 0 Å². The van der Waals surface area contributed by atoms with E-state index in [1.54, 1.807) is 11.3 Å².